The maximum atomic E-state index is 13.8. The molecule has 1 atom stereocenters. The lowest BCUT2D eigenvalue weighted by Crippen LogP contribution is -2.49. The van der Waals surface area contributed by atoms with Crippen molar-refractivity contribution in [1.29, 1.82) is 0 Å². The summed E-state index contributed by atoms with van der Waals surface area (Å²) < 4.78 is 3.86. The molecule has 0 saturated heterocycles. The normalized spacial score (nSPS) is 28.3. The number of amides is 1. The summed E-state index contributed by atoms with van der Waals surface area (Å²) in [7, 11) is 0. The number of carbonyl (C=O) groups is 1. The van der Waals surface area contributed by atoms with Gasteiger partial charge in [0.1, 0.15) is 0 Å². The number of nitrogens with zero attached hydrogens (tertiary/aromatic N) is 4. The first kappa shape index (κ1) is 21.6. The van der Waals surface area contributed by atoms with Crippen molar-refractivity contribution in [3.8, 4) is 5.69 Å². The van der Waals surface area contributed by atoms with Crippen LogP contribution < -0.4 is 5.32 Å². The SMILES string of the molecule is CCn1cc(C(C)NC(=O)c2cn(-c3ccccc3)nc2C23CC4CC(CC(C4)C2)C3)c(C)n1. The summed E-state index contributed by atoms with van der Waals surface area (Å²) in [5.41, 5.74) is 4.87. The van der Waals surface area contributed by atoms with E-state index in [1.165, 1.54) is 38.5 Å². The molecule has 4 aliphatic rings. The summed E-state index contributed by atoms with van der Waals surface area (Å²) >= 11 is 0. The summed E-state index contributed by atoms with van der Waals surface area (Å²) in [6.45, 7) is 6.96. The summed E-state index contributed by atoms with van der Waals surface area (Å²) in [5, 5.41) is 13.0. The summed E-state index contributed by atoms with van der Waals surface area (Å²) in [6, 6.07) is 10.1. The number of hydrogen-bond acceptors (Lipinski definition) is 3. The molecular formula is C28H35N5O. The van der Waals surface area contributed by atoms with E-state index in [9.17, 15) is 4.79 Å². The Morgan fingerprint density at radius 2 is 1.71 bits per heavy atom. The van der Waals surface area contributed by atoms with Gasteiger partial charge in [-0.15, -0.1) is 0 Å². The molecule has 6 nitrogen and oxygen atoms in total. The number of aromatic nitrogens is 4. The topological polar surface area (TPSA) is 64.7 Å². The van der Waals surface area contributed by atoms with Crippen LogP contribution in [0.4, 0.5) is 0 Å². The number of hydrogen-bond donors (Lipinski definition) is 1. The van der Waals surface area contributed by atoms with E-state index >= 15 is 0 Å². The highest BCUT2D eigenvalue weighted by molar-refractivity contribution is 5.96. The zero-order chi connectivity index (χ0) is 23.4. The van der Waals surface area contributed by atoms with E-state index in [0.717, 1.165) is 52.5 Å². The Bertz CT molecular complexity index is 1170. The zero-order valence-electron chi connectivity index (χ0n) is 20.5. The Morgan fingerprint density at radius 1 is 1.06 bits per heavy atom. The number of benzene rings is 1. The lowest BCUT2D eigenvalue weighted by atomic mass is 9.48. The van der Waals surface area contributed by atoms with Gasteiger partial charge in [-0.2, -0.15) is 10.2 Å². The molecule has 4 aliphatic carbocycles. The molecule has 2 aromatic heterocycles. The second kappa shape index (κ2) is 8.10. The molecule has 2 heterocycles. The molecule has 1 aromatic carbocycles. The van der Waals surface area contributed by atoms with Gasteiger partial charge >= 0.3 is 0 Å². The van der Waals surface area contributed by atoms with Crippen LogP contribution in [0.3, 0.4) is 0 Å². The van der Waals surface area contributed by atoms with Crippen LogP contribution in [0.2, 0.25) is 0 Å². The minimum atomic E-state index is -0.114. The number of para-hydroxylation sites is 1. The van der Waals surface area contributed by atoms with Crippen molar-refractivity contribution in [2.75, 3.05) is 0 Å². The van der Waals surface area contributed by atoms with Gasteiger partial charge in [-0.3, -0.25) is 9.48 Å². The third-order valence-corrected chi connectivity index (χ3v) is 8.64. The molecule has 6 heteroatoms. The van der Waals surface area contributed by atoms with Gasteiger partial charge in [0.05, 0.1) is 28.7 Å². The molecule has 0 aliphatic heterocycles. The van der Waals surface area contributed by atoms with E-state index in [4.69, 9.17) is 5.10 Å². The van der Waals surface area contributed by atoms with E-state index in [-0.39, 0.29) is 17.4 Å². The van der Waals surface area contributed by atoms with Gasteiger partial charge in [-0.05, 0) is 89.2 Å². The third kappa shape index (κ3) is 3.58. The minimum absolute atomic E-state index is 0.0240. The van der Waals surface area contributed by atoms with Crippen molar-refractivity contribution < 1.29 is 4.79 Å². The van der Waals surface area contributed by atoms with E-state index < -0.39 is 0 Å². The number of rotatable bonds is 6. The van der Waals surface area contributed by atoms with Gasteiger partial charge in [0, 0.05) is 29.9 Å². The fourth-order valence-corrected chi connectivity index (χ4v) is 7.52. The standard InChI is InChI=1S/C28H35N5O/c1-4-32-16-24(19(3)30-32)18(2)29-27(34)25-17-33(23-8-6-5-7-9-23)31-26(25)28-13-20-10-21(14-28)12-22(11-20)15-28/h5-9,16-18,20-22H,4,10-15H2,1-3H3,(H,29,34). The maximum Gasteiger partial charge on any atom is 0.255 e. The van der Waals surface area contributed by atoms with Gasteiger partial charge in [-0.25, -0.2) is 4.68 Å². The molecule has 178 valence electrons. The van der Waals surface area contributed by atoms with Crippen molar-refractivity contribution in [1.82, 2.24) is 24.9 Å². The monoisotopic (exact) mass is 457 g/mol. The van der Waals surface area contributed by atoms with Crippen molar-refractivity contribution in [2.45, 2.75) is 77.3 Å². The second-order valence-electron chi connectivity index (χ2n) is 11.1. The van der Waals surface area contributed by atoms with Crippen LogP contribution >= 0.6 is 0 Å². The van der Waals surface area contributed by atoms with Crippen LogP contribution in [0, 0.1) is 24.7 Å². The Hall–Kier alpha value is -2.89. The number of carbonyl (C=O) groups excluding carboxylic acids is 1. The Morgan fingerprint density at radius 3 is 2.29 bits per heavy atom. The van der Waals surface area contributed by atoms with Crippen LogP contribution in [0.5, 0.6) is 0 Å². The molecule has 1 amide bonds. The quantitative estimate of drug-likeness (QED) is 0.542. The highest BCUT2D eigenvalue weighted by atomic mass is 16.1. The molecule has 1 unspecified atom stereocenters. The van der Waals surface area contributed by atoms with Gasteiger partial charge < -0.3 is 5.32 Å². The molecule has 1 N–H and O–H groups in total. The first-order chi connectivity index (χ1) is 16.4. The fraction of sp³-hybridized carbons (Fsp3) is 0.536. The van der Waals surface area contributed by atoms with E-state index in [0.29, 0.717) is 0 Å². The molecule has 34 heavy (non-hydrogen) atoms. The van der Waals surface area contributed by atoms with E-state index in [1.54, 1.807) is 0 Å². The maximum absolute atomic E-state index is 13.8. The zero-order valence-corrected chi connectivity index (χ0v) is 20.5. The van der Waals surface area contributed by atoms with E-state index in [1.807, 2.05) is 53.8 Å². The Balaban J connectivity index is 1.37. The first-order valence-electron chi connectivity index (χ1n) is 12.9. The number of nitrogens with one attached hydrogen (secondary N) is 1. The Kier molecular flexibility index (Phi) is 5.16. The van der Waals surface area contributed by atoms with Crippen molar-refractivity contribution in [3.05, 3.63) is 65.2 Å². The van der Waals surface area contributed by atoms with E-state index in [2.05, 4.69) is 29.5 Å². The van der Waals surface area contributed by atoms with Crippen LogP contribution in [0.15, 0.2) is 42.7 Å². The van der Waals surface area contributed by atoms with Crippen molar-refractivity contribution in [3.63, 3.8) is 0 Å². The Labute approximate surface area is 201 Å². The average Bonchev–Trinajstić information content (AvgIpc) is 3.43. The van der Waals surface area contributed by atoms with Gasteiger partial charge in [0.15, 0.2) is 0 Å². The largest absolute Gasteiger partial charge is 0.345 e. The summed E-state index contributed by atoms with van der Waals surface area (Å²) in [4.78, 5) is 13.8. The summed E-state index contributed by atoms with van der Waals surface area (Å²) in [6.07, 6.45) is 11.7. The smallest absolute Gasteiger partial charge is 0.255 e. The van der Waals surface area contributed by atoms with Gasteiger partial charge in [0.25, 0.3) is 5.91 Å². The lowest BCUT2D eigenvalue weighted by Gasteiger charge is -2.56. The molecular weight excluding hydrogens is 422 g/mol. The molecule has 0 spiro atoms. The van der Waals surface area contributed by atoms with Gasteiger partial charge in [0.2, 0.25) is 0 Å². The van der Waals surface area contributed by atoms with Crippen LogP contribution in [0.1, 0.15) is 85.7 Å². The molecule has 4 bridgehead atoms. The molecule has 7 rings (SSSR count). The average molecular weight is 458 g/mol. The summed E-state index contributed by atoms with van der Waals surface area (Å²) in [5.74, 6) is 2.37. The third-order valence-electron chi connectivity index (χ3n) is 8.64. The molecule has 0 radical (unpaired) electrons. The van der Waals surface area contributed by atoms with Crippen molar-refractivity contribution >= 4 is 5.91 Å². The van der Waals surface area contributed by atoms with Crippen LogP contribution in [0.25, 0.3) is 5.69 Å². The van der Waals surface area contributed by atoms with Crippen LogP contribution in [-0.4, -0.2) is 25.5 Å². The number of aryl methyl sites for hydroxylation is 2. The highest BCUT2D eigenvalue weighted by Crippen LogP contribution is 2.60. The fourth-order valence-electron chi connectivity index (χ4n) is 7.52. The van der Waals surface area contributed by atoms with Crippen molar-refractivity contribution in [2.24, 2.45) is 17.8 Å². The predicted octanol–water partition coefficient (Wildman–Crippen LogP) is 5.36. The first-order valence-corrected chi connectivity index (χ1v) is 12.9. The lowest BCUT2D eigenvalue weighted by molar-refractivity contribution is -0.00771. The molecule has 4 fully saturated rings. The molecule has 4 saturated carbocycles. The van der Waals surface area contributed by atoms with Crippen LogP contribution in [-0.2, 0) is 12.0 Å². The predicted molar refractivity (Wildman–Crippen MR) is 132 cm³/mol. The second-order valence-corrected chi connectivity index (χ2v) is 11.1. The van der Waals surface area contributed by atoms with Gasteiger partial charge in [-0.1, -0.05) is 18.2 Å². The molecule has 3 aromatic rings. The minimum Gasteiger partial charge on any atom is -0.345 e. The highest BCUT2D eigenvalue weighted by Gasteiger charge is 2.54.